The van der Waals surface area contributed by atoms with Gasteiger partial charge in [0.1, 0.15) is 6.33 Å². The number of benzene rings is 2. The number of nitrogens with zero attached hydrogens (tertiary/aromatic N) is 2. The first-order chi connectivity index (χ1) is 10.7. The SMILES string of the molecule is O=[SH](=O)n1ccnc1.[O-][S+](c1ccccc1)c1ccccc1. The summed E-state index contributed by atoms with van der Waals surface area (Å²) in [5.41, 5.74) is 0. The van der Waals surface area contributed by atoms with Gasteiger partial charge in [-0.25, -0.2) is 17.4 Å². The molecule has 0 amide bonds. The molecule has 0 N–H and O–H groups in total. The van der Waals surface area contributed by atoms with Crippen LogP contribution in [-0.4, -0.2) is 21.9 Å². The predicted octanol–water partition coefficient (Wildman–Crippen LogP) is 2.11. The van der Waals surface area contributed by atoms with Crippen LogP contribution in [0.5, 0.6) is 0 Å². The van der Waals surface area contributed by atoms with Gasteiger partial charge in [-0.05, 0) is 24.3 Å². The molecule has 0 aliphatic heterocycles. The second-order valence-corrected chi connectivity index (χ2v) is 6.49. The van der Waals surface area contributed by atoms with Crippen molar-refractivity contribution in [1.29, 1.82) is 0 Å². The topological polar surface area (TPSA) is 75.0 Å². The van der Waals surface area contributed by atoms with Crippen molar-refractivity contribution in [3.63, 3.8) is 0 Å². The van der Waals surface area contributed by atoms with Crippen molar-refractivity contribution in [2.24, 2.45) is 0 Å². The summed E-state index contributed by atoms with van der Waals surface area (Å²) < 4.78 is 33.0. The molecule has 0 bridgehead atoms. The zero-order chi connectivity index (χ0) is 15.8. The average Bonchev–Trinajstić information content (AvgIpc) is 3.11. The lowest BCUT2D eigenvalue weighted by Gasteiger charge is -2.08. The highest BCUT2D eigenvalue weighted by molar-refractivity contribution is 7.91. The number of aromatic nitrogens is 2. The lowest BCUT2D eigenvalue weighted by Crippen LogP contribution is -2.00. The third-order valence-electron chi connectivity index (χ3n) is 2.59. The predicted molar refractivity (Wildman–Crippen MR) is 85.5 cm³/mol. The zero-order valence-corrected chi connectivity index (χ0v) is 13.2. The van der Waals surface area contributed by atoms with E-state index in [1.807, 2.05) is 60.7 Å². The number of imidazole rings is 1. The summed E-state index contributed by atoms with van der Waals surface area (Å²) in [7, 11) is -2.50. The fourth-order valence-electron chi connectivity index (χ4n) is 1.57. The zero-order valence-electron chi connectivity index (χ0n) is 11.5. The van der Waals surface area contributed by atoms with Crippen molar-refractivity contribution in [2.45, 2.75) is 9.79 Å². The first-order valence-corrected chi connectivity index (χ1v) is 8.61. The van der Waals surface area contributed by atoms with Crippen LogP contribution in [0.4, 0.5) is 0 Å². The molecule has 0 aliphatic carbocycles. The summed E-state index contributed by atoms with van der Waals surface area (Å²) in [6.45, 7) is 0. The van der Waals surface area contributed by atoms with E-state index >= 15 is 0 Å². The molecular weight excluding hydrogens is 320 g/mol. The minimum atomic E-state index is -2.50. The highest BCUT2D eigenvalue weighted by Gasteiger charge is 2.12. The van der Waals surface area contributed by atoms with Gasteiger partial charge in [0.15, 0.2) is 9.79 Å². The monoisotopic (exact) mass is 334 g/mol. The van der Waals surface area contributed by atoms with Crippen LogP contribution in [0.2, 0.25) is 0 Å². The Balaban J connectivity index is 0.000000188. The van der Waals surface area contributed by atoms with Crippen LogP contribution < -0.4 is 0 Å². The first-order valence-electron chi connectivity index (χ1n) is 6.33. The second kappa shape index (κ2) is 8.38. The smallest absolute Gasteiger partial charge is 0.229 e. The maximum atomic E-state index is 12.0. The number of rotatable bonds is 3. The van der Waals surface area contributed by atoms with Crippen LogP contribution in [0.15, 0.2) is 89.2 Å². The number of thiol groups is 1. The maximum Gasteiger partial charge on any atom is 0.229 e. The highest BCUT2D eigenvalue weighted by atomic mass is 32.2. The second-order valence-electron chi connectivity index (χ2n) is 4.08. The molecule has 5 nitrogen and oxygen atoms in total. The van der Waals surface area contributed by atoms with E-state index in [-0.39, 0.29) is 0 Å². The van der Waals surface area contributed by atoms with Crippen molar-refractivity contribution < 1.29 is 13.0 Å². The van der Waals surface area contributed by atoms with E-state index in [9.17, 15) is 13.0 Å². The van der Waals surface area contributed by atoms with Gasteiger partial charge in [0.05, 0.1) is 0 Å². The van der Waals surface area contributed by atoms with Gasteiger partial charge < -0.3 is 4.55 Å². The van der Waals surface area contributed by atoms with Gasteiger partial charge in [0.2, 0.25) is 10.9 Å². The van der Waals surface area contributed by atoms with Crippen LogP contribution in [0.3, 0.4) is 0 Å². The molecule has 0 saturated carbocycles. The van der Waals surface area contributed by atoms with Crippen LogP contribution in [0.25, 0.3) is 0 Å². The fraction of sp³-hybridized carbons (Fsp3) is 0. The Morgan fingerprint density at radius 2 is 1.41 bits per heavy atom. The van der Waals surface area contributed by atoms with Gasteiger partial charge in [0, 0.05) is 23.6 Å². The summed E-state index contributed by atoms with van der Waals surface area (Å²) in [4.78, 5) is 5.21. The van der Waals surface area contributed by atoms with E-state index < -0.39 is 22.1 Å². The van der Waals surface area contributed by atoms with Gasteiger partial charge in [-0.15, -0.1) is 0 Å². The van der Waals surface area contributed by atoms with E-state index in [0.29, 0.717) is 0 Å². The molecule has 0 unspecified atom stereocenters. The Morgan fingerprint density at radius 3 is 1.73 bits per heavy atom. The Morgan fingerprint density at radius 1 is 0.909 bits per heavy atom. The molecule has 114 valence electrons. The normalized spacial score (nSPS) is 10.3. The number of hydrogen-bond donors (Lipinski definition) is 1. The Kier molecular flexibility index (Phi) is 6.20. The van der Waals surface area contributed by atoms with Gasteiger partial charge in [-0.3, -0.25) is 0 Å². The maximum absolute atomic E-state index is 12.0. The lowest BCUT2D eigenvalue weighted by atomic mass is 10.4. The van der Waals surface area contributed by atoms with Crippen molar-refractivity contribution in [2.75, 3.05) is 0 Å². The van der Waals surface area contributed by atoms with Crippen molar-refractivity contribution in [1.82, 2.24) is 8.96 Å². The highest BCUT2D eigenvalue weighted by Crippen LogP contribution is 2.19. The van der Waals surface area contributed by atoms with E-state index in [0.717, 1.165) is 13.8 Å². The molecule has 0 radical (unpaired) electrons. The largest absolute Gasteiger partial charge is 0.606 e. The molecule has 22 heavy (non-hydrogen) atoms. The summed E-state index contributed by atoms with van der Waals surface area (Å²) >= 11 is -1.05. The van der Waals surface area contributed by atoms with Crippen molar-refractivity contribution >= 4 is 22.1 Å². The van der Waals surface area contributed by atoms with Crippen molar-refractivity contribution in [3.8, 4) is 0 Å². The Bertz CT molecular complexity index is 697. The molecule has 3 aromatic rings. The number of hydrogen-bond acceptors (Lipinski definition) is 4. The quantitative estimate of drug-likeness (QED) is 0.588. The van der Waals surface area contributed by atoms with Gasteiger partial charge >= 0.3 is 0 Å². The molecule has 0 saturated heterocycles. The Labute approximate surface area is 133 Å². The summed E-state index contributed by atoms with van der Waals surface area (Å²) in [5, 5.41) is 0. The van der Waals surface area contributed by atoms with Crippen LogP contribution >= 0.6 is 0 Å². The molecule has 7 heteroatoms. The molecule has 1 aromatic heterocycles. The molecule has 0 aliphatic rings. The van der Waals surface area contributed by atoms with Gasteiger partial charge in [0.25, 0.3) is 0 Å². The van der Waals surface area contributed by atoms with Crippen LogP contribution in [0, 0.1) is 0 Å². The molecule has 0 atom stereocenters. The average molecular weight is 334 g/mol. The molecule has 0 fully saturated rings. The van der Waals surface area contributed by atoms with Crippen LogP contribution in [0.1, 0.15) is 0 Å². The fourth-order valence-corrected chi connectivity index (χ4v) is 2.97. The van der Waals surface area contributed by atoms with Gasteiger partial charge in [-0.2, -0.15) is 0 Å². The van der Waals surface area contributed by atoms with Gasteiger partial charge in [-0.1, -0.05) is 36.4 Å². The molecular formula is C15H14N2O3S2. The Hall–Kier alpha value is -2.09. The summed E-state index contributed by atoms with van der Waals surface area (Å²) in [6, 6.07) is 19.0. The van der Waals surface area contributed by atoms with E-state index in [1.165, 1.54) is 18.7 Å². The standard InChI is InChI=1S/C12H10OS.C3H4N2O2S/c13-14(11-7-3-1-4-8-11)12-9-5-2-6-10-12;6-8(7)5-2-1-4-3-5/h1-10H;1-3,8H. The summed E-state index contributed by atoms with van der Waals surface area (Å²) in [5.74, 6) is 0. The molecule has 3 rings (SSSR count). The first kappa shape index (κ1) is 16.3. The van der Waals surface area contributed by atoms with E-state index in [2.05, 4.69) is 4.98 Å². The minimum Gasteiger partial charge on any atom is -0.606 e. The minimum absolute atomic E-state index is 0.846. The summed E-state index contributed by atoms with van der Waals surface area (Å²) in [6.07, 6.45) is 4.00. The van der Waals surface area contributed by atoms with Crippen LogP contribution in [-0.2, 0) is 22.1 Å². The third kappa shape index (κ3) is 4.73. The molecule has 0 spiro atoms. The molecule has 1 heterocycles. The van der Waals surface area contributed by atoms with E-state index in [4.69, 9.17) is 0 Å². The van der Waals surface area contributed by atoms with E-state index in [1.54, 1.807) is 0 Å². The molecule has 2 aromatic carbocycles. The van der Waals surface area contributed by atoms with Crippen molar-refractivity contribution in [3.05, 3.63) is 79.4 Å². The third-order valence-corrected chi connectivity index (χ3v) is 4.61. The lowest BCUT2D eigenvalue weighted by molar-refractivity contribution is 0.595.